The molecule has 1 aliphatic rings. The van der Waals surface area contributed by atoms with Crippen molar-refractivity contribution in [3.8, 4) is 0 Å². The van der Waals surface area contributed by atoms with Crippen molar-refractivity contribution in [2.75, 3.05) is 31.6 Å². The van der Waals surface area contributed by atoms with Crippen molar-refractivity contribution in [2.24, 2.45) is 5.41 Å². The molecule has 1 aliphatic heterocycles. The summed E-state index contributed by atoms with van der Waals surface area (Å²) in [7, 11) is -4.08. The van der Waals surface area contributed by atoms with E-state index in [1.807, 2.05) is 16.8 Å². The molecule has 0 aliphatic carbocycles. The predicted octanol–water partition coefficient (Wildman–Crippen LogP) is 5.09. The van der Waals surface area contributed by atoms with E-state index in [2.05, 4.69) is 22.2 Å². The molecule has 13 heteroatoms. The molecular formula is C23H36ClN4O7P. The number of rotatable bonds is 13. The largest absolute Gasteiger partial charge is 0.438 e. The molecule has 2 aromatic rings. The zero-order chi connectivity index (χ0) is 26.3. The van der Waals surface area contributed by atoms with Gasteiger partial charge in [-0.25, -0.2) is 4.98 Å². The van der Waals surface area contributed by atoms with Gasteiger partial charge in [0.1, 0.15) is 24.0 Å². The summed E-state index contributed by atoms with van der Waals surface area (Å²) in [6.45, 7) is 7.49. The average Bonchev–Trinajstić information content (AvgIpc) is 3.42. The number of esters is 1. The lowest BCUT2D eigenvalue weighted by Crippen LogP contribution is -2.24. The maximum absolute atomic E-state index is 12.1. The zero-order valence-electron chi connectivity index (χ0n) is 21.2. The normalized spacial score (nSPS) is 19.9. The summed E-state index contributed by atoms with van der Waals surface area (Å²) in [6.07, 6.45) is 5.55. The van der Waals surface area contributed by atoms with E-state index in [0.717, 1.165) is 31.2 Å². The molecule has 36 heavy (non-hydrogen) atoms. The van der Waals surface area contributed by atoms with Crippen molar-refractivity contribution in [1.29, 1.82) is 0 Å². The third-order valence-corrected chi connectivity index (χ3v) is 6.81. The Hall–Kier alpha value is -1.75. The lowest BCUT2D eigenvalue weighted by molar-refractivity contribution is -0.160. The van der Waals surface area contributed by atoms with Crippen molar-refractivity contribution in [3.05, 3.63) is 17.5 Å². The number of aromatic nitrogens is 3. The number of unbranched alkanes of at least 4 members (excludes halogenated alkanes) is 2. The molecule has 3 heterocycles. The van der Waals surface area contributed by atoms with Gasteiger partial charge in [0.2, 0.25) is 12.1 Å². The first-order valence-electron chi connectivity index (χ1n) is 12.1. The van der Waals surface area contributed by atoms with Crippen LogP contribution in [0.15, 0.2) is 12.3 Å². The number of hydrogen-bond donors (Lipinski definition) is 2. The van der Waals surface area contributed by atoms with E-state index in [-0.39, 0.29) is 24.2 Å². The van der Waals surface area contributed by atoms with Gasteiger partial charge in [-0.3, -0.25) is 13.9 Å². The van der Waals surface area contributed by atoms with Crippen LogP contribution in [0.5, 0.6) is 0 Å². The smallest absolute Gasteiger partial charge is 0.356 e. The highest BCUT2D eigenvalue weighted by atomic mass is 35.5. The number of halogens is 1. The number of nitrogens with zero attached hydrogens (tertiary/aromatic N) is 3. The van der Waals surface area contributed by atoms with E-state index in [9.17, 15) is 14.3 Å². The Morgan fingerprint density at radius 2 is 2.11 bits per heavy atom. The van der Waals surface area contributed by atoms with Crippen LogP contribution >= 0.6 is 19.2 Å². The molecule has 1 saturated heterocycles. The standard InChI is InChI=1S/C23H36ClN4O7P/c1-5-6-7-11-25-19-17-10-12-28(20(17)27-22(24)26-19)18-9-8-16(35-18)13-32-15-36(30,31)34-14-33-21(29)23(2,3)4/h10,12,16,18H,5-9,11,13-15H2,1-4H3,(H,30,31)(H,25,26,27)/t16-,18+/m0/s1. The van der Waals surface area contributed by atoms with Gasteiger partial charge in [0.05, 0.1) is 23.5 Å². The number of nitrogens with one attached hydrogen (secondary N) is 1. The Morgan fingerprint density at radius 1 is 1.33 bits per heavy atom. The lowest BCUT2D eigenvalue weighted by atomic mass is 9.98. The van der Waals surface area contributed by atoms with Gasteiger partial charge in [-0.15, -0.1) is 0 Å². The number of anilines is 1. The highest BCUT2D eigenvalue weighted by molar-refractivity contribution is 7.52. The fraction of sp³-hybridized carbons (Fsp3) is 0.696. The van der Waals surface area contributed by atoms with E-state index in [0.29, 0.717) is 24.3 Å². The van der Waals surface area contributed by atoms with Crippen LogP contribution in [0.2, 0.25) is 5.28 Å². The maximum Gasteiger partial charge on any atom is 0.356 e. The van der Waals surface area contributed by atoms with E-state index < -0.39 is 32.1 Å². The topological polar surface area (TPSA) is 134 Å². The molecule has 0 spiro atoms. The molecule has 0 aromatic carbocycles. The van der Waals surface area contributed by atoms with Crippen LogP contribution in [0.3, 0.4) is 0 Å². The number of carbonyl (C=O) groups is 1. The zero-order valence-corrected chi connectivity index (χ0v) is 22.9. The average molecular weight is 547 g/mol. The van der Waals surface area contributed by atoms with E-state index in [1.165, 1.54) is 0 Å². The summed E-state index contributed by atoms with van der Waals surface area (Å²) in [6, 6.07) is 1.94. The number of hydrogen-bond acceptors (Lipinski definition) is 9. The summed E-state index contributed by atoms with van der Waals surface area (Å²) in [4.78, 5) is 30.4. The van der Waals surface area contributed by atoms with Gasteiger partial charge >= 0.3 is 13.6 Å². The SMILES string of the molecule is CCCCCNc1nc(Cl)nc2c1ccn2[C@H]1CC[C@@H](COCP(=O)(O)OCOC(=O)C(C)(C)C)O1. The molecule has 0 saturated carbocycles. The summed E-state index contributed by atoms with van der Waals surface area (Å²) in [5, 5.41) is 4.37. The van der Waals surface area contributed by atoms with Crippen molar-refractivity contribution in [2.45, 2.75) is 72.1 Å². The van der Waals surface area contributed by atoms with Crippen LogP contribution in [0.25, 0.3) is 11.0 Å². The second-order valence-electron chi connectivity index (χ2n) is 9.79. The molecule has 2 aromatic heterocycles. The third-order valence-electron chi connectivity index (χ3n) is 5.63. The quantitative estimate of drug-likeness (QED) is 0.115. The van der Waals surface area contributed by atoms with Crippen molar-refractivity contribution in [1.82, 2.24) is 14.5 Å². The first-order valence-corrected chi connectivity index (χ1v) is 14.3. The second kappa shape index (κ2) is 12.7. The van der Waals surface area contributed by atoms with E-state index in [1.54, 1.807) is 20.8 Å². The second-order valence-corrected chi connectivity index (χ2v) is 11.9. The molecule has 3 rings (SSSR count). The van der Waals surface area contributed by atoms with Gasteiger partial charge in [-0.2, -0.15) is 4.98 Å². The minimum absolute atomic E-state index is 0.116. The highest BCUT2D eigenvalue weighted by Crippen LogP contribution is 2.42. The van der Waals surface area contributed by atoms with Crippen LogP contribution in [-0.4, -0.2) is 57.8 Å². The van der Waals surface area contributed by atoms with Gasteiger partial charge in [-0.05, 0) is 57.7 Å². The monoisotopic (exact) mass is 546 g/mol. The summed E-state index contributed by atoms with van der Waals surface area (Å²) >= 11 is 6.19. The molecular weight excluding hydrogens is 511 g/mol. The molecule has 1 fully saturated rings. The minimum Gasteiger partial charge on any atom is -0.438 e. The van der Waals surface area contributed by atoms with E-state index >= 15 is 0 Å². The van der Waals surface area contributed by atoms with Crippen molar-refractivity contribution < 1.29 is 33.0 Å². The highest BCUT2D eigenvalue weighted by Gasteiger charge is 2.30. The molecule has 1 unspecified atom stereocenters. The molecule has 0 bridgehead atoms. The Bertz CT molecular complexity index is 1070. The minimum atomic E-state index is -4.08. The first-order chi connectivity index (χ1) is 17.0. The molecule has 0 radical (unpaired) electrons. The van der Waals surface area contributed by atoms with Gasteiger partial charge < -0.3 is 29.0 Å². The van der Waals surface area contributed by atoms with Crippen LogP contribution in [-0.2, 0) is 28.1 Å². The number of fused-ring (bicyclic) bond motifs is 1. The van der Waals surface area contributed by atoms with Gasteiger partial charge in [-0.1, -0.05) is 19.8 Å². The van der Waals surface area contributed by atoms with Crippen LogP contribution in [0.1, 0.15) is 66.0 Å². The predicted molar refractivity (Wildman–Crippen MR) is 136 cm³/mol. The summed E-state index contributed by atoms with van der Waals surface area (Å²) in [5.74, 6) is 0.168. The van der Waals surface area contributed by atoms with Gasteiger partial charge in [0.25, 0.3) is 0 Å². The van der Waals surface area contributed by atoms with Crippen LogP contribution < -0.4 is 5.32 Å². The summed E-state index contributed by atoms with van der Waals surface area (Å²) in [5.41, 5.74) is -0.0530. The Kier molecular flexibility index (Phi) is 10.1. The molecule has 11 nitrogen and oxygen atoms in total. The molecule has 0 amide bonds. The molecule has 202 valence electrons. The van der Waals surface area contributed by atoms with Crippen LogP contribution in [0.4, 0.5) is 5.82 Å². The Morgan fingerprint density at radius 3 is 2.83 bits per heavy atom. The Labute approximate surface area is 216 Å². The summed E-state index contributed by atoms with van der Waals surface area (Å²) < 4.78 is 35.2. The molecule has 2 N–H and O–H groups in total. The lowest BCUT2D eigenvalue weighted by Gasteiger charge is -2.19. The fourth-order valence-corrected chi connectivity index (χ4v) is 4.48. The fourth-order valence-electron chi connectivity index (χ4n) is 3.69. The molecule has 3 atom stereocenters. The third kappa shape index (κ3) is 8.13. The van der Waals surface area contributed by atoms with Crippen molar-refractivity contribution in [3.63, 3.8) is 0 Å². The number of carbonyl (C=O) groups excluding carboxylic acids is 1. The van der Waals surface area contributed by atoms with Crippen molar-refractivity contribution >= 4 is 42.0 Å². The Balaban J connectivity index is 1.49. The first kappa shape index (κ1) is 28.8. The number of ether oxygens (including phenoxy) is 3. The van der Waals surface area contributed by atoms with Gasteiger partial charge in [0, 0.05) is 12.7 Å². The maximum atomic E-state index is 12.1. The van der Waals surface area contributed by atoms with Gasteiger partial charge in [0.15, 0.2) is 0 Å². The van der Waals surface area contributed by atoms with E-state index in [4.69, 9.17) is 30.3 Å². The van der Waals surface area contributed by atoms with Crippen LogP contribution in [0, 0.1) is 5.41 Å².